The lowest BCUT2D eigenvalue weighted by molar-refractivity contribution is 0.229. The first-order chi connectivity index (χ1) is 12.2. The third kappa shape index (κ3) is 5.73. The van der Waals surface area contributed by atoms with Crippen molar-refractivity contribution >= 4 is 22.0 Å². The van der Waals surface area contributed by atoms with Gasteiger partial charge in [-0.05, 0) is 76.5 Å². The zero-order valence-corrected chi connectivity index (χ0v) is 16.3. The molecule has 5 heteroatoms. The predicted molar refractivity (Wildman–Crippen MR) is 106 cm³/mol. The van der Waals surface area contributed by atoms with Gasteiger partial charge in [0.2, 0.25) is 0 Å². The SMILES string of the molecule is CN(CCCCc1ccc2c(c1)S(=O)C=N2)CCN1CCCCCC1. The van der Waals surface area contributed by atoms with E-state index in [2.05, 4.69) is 34.0 Å². The molecule has 25 heavy (non-hydrogen) atoms. The van der Waals surface area contributed by atoms with Crippen LogP contribution in [0, 0.1) is 0 Å². The van der Waals surface area contributed by atoms with E-state index < -0.39 is 10.8 Å². The van der Waals surface area contributed by atoms with Crippen LogP contribution in [-0.4, -0.2) is 59.3 Å². The molecule has 2 aliphatic rings. The normalized spacial score (nSPS) is 20.8. The summed E-state index contributed by atoms with van der Waals surface area (Å²) in [5.74, 6) is 0. The van der Waals surface area contributed by atoms with Crippen LogP contribution in [-0.2, 0) is 17.2 Å². The topological polar surface area (TPSA) is 35.9 Å². The number of likely N-dealkylation sites (tertiary alicyclic amines) is 1. The monoisotopic (exact) mass is 361 g/mol. The summed E-state index contributed by atoms with van der Waals surface area (Å²) in [4.78, 5) is 10.2. The van der Waals surface area contributed by atoms with Gasteiger partial charge in [0.1, 0.15) is 0 Å². The first-order valence-corrected chi connectivity index (χ1v) is 10.9. The zero-order valence-electron chi connectivity index (χ0n) is 15.5. The molecule has 0 bridgehead atoms. The van der Waals surface area contributed by atoms with Gasteiger partial charge in [-0.25, -0.2) is 9.20 Å². The summed E-state index contributed by atoms with van der Waals surface area (Å²) >= 11 is 0. The summed E-state index contributed by atoms with van der Waals surface area (Å²) in [6.45, 7) is 6.13. The number of unbranched alkanes of at least 4 members (excludes halogenated alkanes) is 1. The summed E-state index contributed by atoms with van der Waals surface area (Å²) in [6.07, 6.45) is 9.03. The quantitative estimate of drug-likeness (QED) is 0.664. The molecule has 2 heterocycles. The van der Waals surface area contributed by atoms with E-state index in [1.807, 2.05) is 6.07 Å². The van der Waals surface area contributed by atoms with Gasteiger partial charge in [0.25, 0.3) is 0 Å². The predicted octanol–water partition coefficient (Wildman–Crippen LogP) is 3.60. The van der Waals surface area contributed by atoms with Crippen molar-refractivity contribution in [2.24, 2.45) is 4.99 Å². The largest absolute Gasteiger partial charge is 0.305 e. The summed E-state index contributed by atoms with van der Waals surface area (Å²) in [5, 5.41) is 0. The molecule has 1 fully saturated rings. The van der Waals surface area contributed by atoms with Gasteiger partial charge in [0.15, 0.2) is 0 Å². The van der Waals surface area contributed by atoms with Gasteiger partial charge in [-0.2, -0.15) is 0 Å². The number of hydrogen-bond donors (Lipinski definition) is 0. The number of aliphatic imine (C=N–C) groups is 1. The molecule has 1 atom stereocenters. The molecule has 0 saturated carbocycles. The molecule has 0 amide bonds. The molecular formula is C20H31N3OS. The maximum Gasteiger partial charge on any atom is 0.0984 e. The van der Waals surface area contributed by atoms with Crippen LogP contribution in [0.3, 0.4) is 0 Å². The molecule has 0 radical (unpaired) electrons. The Kier molecular flexibility index (Phi) is 7.20. The van der Waals surface area contributed by atoms with E-state index in [0.717, 1.165) is 23.5 Å². The number of fused-ring (bicyclic) bond motifs is 1. The second-order valence-electron chi connectivity index (χ2n) is 7.35. The first-order valence-electron chi connectivity index (χ1n) is 9.71. The Hall–Kier alpha value is -1.04. The van der Waals surface area contributed by atoms with E-state index in [0.29, 0.717) is 0 Å². The number of nitrogens with zero attached hydrogens (tertiary/aromatic N) is 3. The molecule has 138 valence electrons. The average molecular weight is 362 g/mol. The van der Waals surface area contributed by atoms with Crippen molar-refractivity contribution in [2.45, 2.75) is 49.8 Å². The molecule has 0 aliphatic carbocycles. The molecule has 0 N–H and O–H groups in total. The second kappa shape index (κ2) is 9.60. The van der Waals surface area contributed by atoms with Crippen LogP contribution in [0.15, 0.2) is 28.1 Å². The van der Waals surface area contributed by atoms with E-state index in [4.69, 9.17) is 0 Å². The highest BCUT2D eigenvalue weighted by Crippen LogP contribution is 2.28. The maximum absolute atomic E-state index is 11.8. The van der Waals surface area contributed by atoms with Crippen molar-refractivity contribution in [3.8, 4) is 0 Å². The minimum atomic E-state index is -1.03. The van der Waals surface area contributed by atoms with Gasteiger partial charge in [0.05, 0.1) is 26.9 Å². The minimum absolute atomic E-state index is 0.871. The van der Waals surface area contributed by atoms with Gasteiger partial charge < -0.3 is 9.80 Å². The van der Waals surface area contributed by atoms with Crippen LogP contribution < -0.4 is 0 Å². The van der Waals surface area contributed by atoms with Crippen LogP contribution in [0.25, 0.3) is 0 Å². The summed E-state index contributed by atoms with van der Waals surface area (Å²) in [6, 6.07) is 6.20. The molecular weight excluding hydrogens is 330 g/mol. The minimum Gasteiger partial charge on any atom is -0.305 e. The van der Waals surface area contributed by atoms with Crippen LogP contribution in [0.1, 0.15) is 44.1 Å². The Labute approximate surface area is 154 Å². The van der Waals surface area contributed by atoms with Crippen molar-refractivity contribution in [1.29, 1.82) is 0 Å². The van der Waals surface area contributed by atoms with Gasteiger partial charge in [-0.1, -0.05) is 18.9 Å². The molecule has 1 aromatic carbocycles. The first kappa shape index (κ1) is 18.7. The third-order valence-electron chi connectivity index (χ3n) is 5.28. The second-order valence-corrected chi connectivity index (χ2v) is 8.60. The van der Waals surface area contributed by atoms with E-state index >= 15 is 0 Å². The third-order valence-corrected chi connectivity index (χ3v) is 6.34. The highest BCUT2D eigenvalue weighted by molar-refractivity contribution is 7.99. The molecule has 1 aromatic rings. The maximum atomic E-state index is 11.8. The molecule has 1 saturated heterocycles. The highest BCUT2D eigenvalue weighted by Gasteiger charge is 2.14. The average Bonchev–Trinajstić information content (AvgIpc) is 2.83. The van der Waals surface area contributed by atoms with Crippen LogP contribution in [0.4, 0.5) is 5.69 Å². The Bertz CT molecular complexity index is 609. The van der Waals surface area contributed by atoms with Gasteiger partial charge in [0, 0.05) is 13.1 Å². The van der Waals surface area contributed by atoms with Crippen molar-refractivity contribution in [3.63, 3.8) is 0 Å². The lowest BCUT2D eigenvalue weighted by Crippen LogP contribution is -2.34. The standard InChI is InChI=1S/C20H31N3OS/c1-22(14-15-23-12-5-2-3-6-13-23)11-7-4-8-18-9-10-19-20(16-18)25(24)17-21-19/h9-10,16-17H,2-8,11-15H2,1H3. The number of likely N-dealkylation sites (N-methyl/N-ethyl adjacent to an activating group) is 1. The molecule has 4 nitrogen and oxygen atoms in total. The highest BCUT2D eigenvalue weighted by atomic mass is 32.2. The lowest BCUT2D eigenvalue weighted by Gasteiger charge is -2.24. The van der Waals surface area contributed by atoms with E-state index in [-0.39, 0.29) is 0 Å². The van der Waals surface area contributed by atoms with Crippen molar-refractivity contribution in [1.82, 2.24) is 9.80 Å². The van der Waals surface area contributed by atoms with Gasteiger partial charge in [-0.15, -0.1) is 0 Å². The van der Waals surface area contributed by atoms with E-state index in [9.17, 15) is 4.21 Å². The number of aryl methyl sites for hydroxylation is 1. The Balaban J connectivity index is 1.31. The van der Waals surface area contributed by atoms with Crippen LogP contribution in [0.2, 0.25) is 0 Å². The van der Waals surface area contributed by atoms with E-state index in [1.165, 1.54) is 75.8 Å². The fourth-order valence-electron chi connectivity index (χ4n) is 3.64. The van der Waals surface area contributed by atoms with E-state index in [1.54, 1.807) is 0 Å². The summed E-state index contributed by atoms with van der Waals surface area (Å²) in [5.41, 5.74) is 3.69. The molecule has 1 unspecified atom stereocenters. The fraction of sp³-hybridized carbons (Fsp3) is 0.650. The summed E-state index contributed by atoms with van der Waals surface area (Å²) < 4.78 is 11.8. The van der Waals surface area contributed by atoms with Crippen LogP contribution in [0.5, 0.6) is 0 Å². The van der Waals surface area contributed by atoms with Crippen LogP contribution >= 0.6 is 0 Å². The van der Waals surface area contributed by atoms with Crippen molar-refractivity contribution in [2.75, 3.05) is 39.8 Å². The van der Waals surface area contributed by atoms with Gasteiger partial charge >= 0.3 is 0 Å². The van der Waals surface area contributed by atoms with Crippen molar-refractivity contribution < 1.29 is 4.21 Å². The zero-order chi connectivity index (χ0) is 17.5. The van der Waals surface area contributed by atoms with Crippen molar-refractivity contribution in [3.05, 3.63) is 23.8 Å². The molecule has 2 aliphatic heterocycles. The molecule has 0 spiro atoms. The number of hydrogen-bond acceptors (Lipinski definition) is 4. The lowest BCUT2D eigenvalue weighted by atomic mass is 10.1. The molecule has 0 aromatic heterocycles. The fourth-order valence-corrected chi connectivity index (χ4v) is 4.56. The Morgan fingerprint density at radius 1 is 1.12 bits per heavy atom. The van der Waals surface area contributed by atoms with Gasteiger partial charge in [-0.3, -0.25) is 0 Å². The smallest absolute Gasteiger partial charge is 0.0984 e. The Morgan fingerprint density at radius 2 is 1.92 bits per heavy atom. The Morgan fingerprint density at radius 3 is 2.72 bits per heavy atom. The summed E-state index contributed by atoms with van der Waals surface area (Å²) in [7, 11) is 1.21. The number of rotatable bonds is 8. The number of benzene rings is 1. The molecule has 3 rings (SSSR count).